The minimum Gasteiger partial charge on any atom is -0.463 e. The van der Waals surface area contributed by atoms with E-state index in [1.807, 2.05) is 91.0 Å². The monoisotopic (exact) mass is 779 g/mol. The first kappa shape index (κ1) is 42.4. The highest BCUT2D eigenvalue weighted by atomic mass is 16.8. The van der Waals surface area contributed by atoms with E-state index >= 15 is 0 Å². The smallest absolute Gasteiger partial charge is 0.303 e. The van der Waals surface area contributed by atoms with Gasteiger partial charge in [-0.25, -0.2) is 0 Å². The Kier molecular flexibility index (Phi) is 15.9. The van der Waals surface area contributed by atoms with E-state index in [9.17, 15) is 24.3 Å². The fourth-order valence-electron chi connectivity index (χ4n) is 6.52. The van der Waals surface area contributed by atoms with E-state index in [4.69, 9.17) is 42.6 Å². The molecule has 2 N–H and O–H groups in total. The molecule has 2 saturated heterocycles. The van der Waals surface area contributed by atoms with Crippen LogP contribution in [0.2, 0.25) is 0 Å². The van der Waals surface area contributed by atoms with Crippen molar-refractivity contribution in [3.8, 4) is 0 Å². The third-order valence-corrected chi connectivity index (χ3v) is 8.94. The van der Waals surface area contributed by atoms with Gasteiger partial charge in [-0.1, -0.05) is 91.0 Å². The second kappa shape index (κ2) is 21.0. The molecule has 2 aliphatic heterocycles. The Balaban J connectivity index is 1.54. The lowest BCUT2D eigenvalue weighted by Gasteiger charge is -2.49. The van der Waals surface area contributed by atoms with Crippen LogP contribution in [0, 0.1) is 0 Å². The van der Waals surface area contributed by atoms with E-state index in [2.05, 4.69) is 5.32 Å². The van der Waals surface area contributed by atoms with Crippen LogP contribution in [0.15, 0.2) is 91.0 Å². The molecule has 0 unspecified atom stereocenters. The van der Waals surface area contributed by atoms with Crippen molar-refractivity contribution in [1.29, 1.82) is 0 Å². The molecule has 0 spiro atoms. The summed E-state index contributed by atoms with van der Waals surface area (Å²) in [7, 11) is 0. The molecule has 2 fully saturated rings. The maximum absolute atomic E-state index is 12.8. The Labute approximate surface area is 325 Å². The fraction of sp³-hybridized carbons (Fsp3) is 0.463. The van der Waals surface area contributed by atoms with Crippen molar-refractivity contribution < 1.29 is 66.9 Å². The van der Waals surface area contributed by atoms with Gasteiger partial charge in [0.2, 0.25) is 5.91 Å². The van der Waals surface area contributed by atoms with Gasteiger partial charge in [-0.2, -0.15) is 0 Å². The number of benzene rings is 3. The quantitative estimate of drug-likeness (QED) is 0.151. The standard InChI is InChI=1S/C41H49NO14/c1-25(43)42-34-37(50-21-30-16-10-6-11-17-30)35(32(54-40(34)47)23-48-20-29-14-8-5-9-15-29)56-41-39(53-28(4)46)38(51-22-31-18-12-7-13-19-31)36(52-27(3)45)33(55-41)24-49-26(2)44/h5-19,32-41,47H,20-24H2,1-4H3,(H,42,43)/t32-,33-,34-,35-,36+,37-,38+,39-,40+,41+/m1/s1. The van der Waals surface area contributed by atoms with E-state index in [-0.39, 0.29) is 26.4 Å². The number of aliphatic hydroxyl groups excluding tert-OH is 1. The lowest BCUT2D eigenvalue weighted by Crippen LogP contribution is -2.68. The number of nitrogens with one attached hydrogen (secondary N) is 1. The van der Waals surface area contributed by atoms with Gasteiger partial charge >= 0.3 is 17.9 Å². The molecule has 1 amide bonds. The van der Waals surface area contributed by atoms with E-state index in [1.54, 1.807) is 0 Å². The molecule has 0 saturated carbocycles. The summed E-state index contributed by atoms with van der Waals surface area (Å²) in [4.78, 5) is 49.8. The summed E-state index contributed by atoms with van der Waals surface area (Å²) in [6.45, 7) is 4.59. The highest BCUT2D eigenvalue weighted by Crippen LogP contribution is 2.35. The van der Waals surface area contributed by atoms with E-state index < -0.39 is 91.8 Å². The molecule has 56 heavy (non-hydrogen) atoms. The van der Waals surface area contributed by atoms with Crippen molar-refractivity contribution in [3.63, 3.8) is 0 Å². The van der Waals surface area contributed by atoms with Gasteiger partial charge in [0.15, 0.2) is 24.8 Å². The molecule has 5 rings (SSSR count). The average Bonchev–Trinajstić information content (AvgIpc) is 3.16. The number of carbonyl (C=O) groups is 4. The van der Waals surface area contributed by atoms with Crippen LogP contribution in [-0.2, 0) is 81.6 Å². The minimum absolute atomic E-state index is 0.00383. The first-order valence-electron chi connectivity index (χ1n) is 18.3. The Morgan fingerprint density at radius 3 is 1.61 bits per heavy atom. The molecule has 0 aliphatic carbocycles. The number of hydrogen-bond acceptors (Lipinski definition) is 14. The third-order valence-electron chi connectivity index (χ3n) is 8.94. The third kappa shape index (κ3) is 12.4. The van der Waals surface area contributed by atoms with Crippen molar-refractivity contribution in [2.75, 3.05) is 13.2 Å². The summed E-state index contributed by atoms with van der Waals surface area (Å²) in [6, 6.07) is 26.6. The summed E-state index contributed by atoms with van der Waals surface area (Å²) >= 11 is 0. The zero-order valence-electron chi connectivity index (χ0n) is 31.7. The average molecular weight is 780 g/mol. The summed E-state index contributed by atoms with van der Waals surface area (Å²) in [5.41, 5.74) is 2.43. The second-order valence-electron chi connectivity index (χ2n) is 13.4. The van der Waals surface area contributed by atoms with E-state index in [1.165, 1.54) is 27.7 Å². The van der Waals surface area contributed by atoms with Crippen molar-refractivity contribution >= 4 is 23.8 Å². The maximum Gasteiger partial charge on any atom is 0.303 e. The summed E-state index contributed by atoms with van der Waals surface area (Å²) < 4.78 is 55.0. The van der Waals surface area contributed by atoms with Crippen molar-refractivity contribution in [2.45, 2.75) is 109 Å². The highest BCUT2D eigenvalue weighted by Gasteiger charge is 2.55. The molecule has 10 atom stereocenters. The molecule has 2 aliphatic rings. The number of aliphatic hydroxyl groups is 1. The highest BCUT2D eigenvalue weighted by molar-refractivity contribution is 5.73. The first-order valence-corrected chi connectivity index (χ1v) is 18.3. The van der Waals surface area contributed by atoms with Crippen LogP contribution in [0.25, 0.3) is 0 Å². The summed E-state index contributed by atoms with van der Waals surface area (Å²) in [5, 5.41) is 14.0. The zero-order chi connectivity index (χ0) is 40.0. The molecular formula is C41H49NO14. The lowest BCUT2D eigenvalue weighted by atomic mass is 9.94. The van der Waals surface area contributed by atoms with Gasteiger partial charge in [0, 0.05) is 27.7 Å². The molecule has 3 aromatic carbocycles. The van der Waals surface area contributed by atoms with Crippen molar-refractivity contribution in [2.24, 2.45) is 0 Å². The van der Waals surface area contributed by atoms with Crippen LogP contribution in [-0.4, -0.2) is 103 Å². The van der Waals surface area contributed by atoms with Crippen molar-refractivity contribution in [3.05, 3.63) is 108 Å². The lowest BCUT2D eigenvalue weighted by molar-refractivity contribution is -0.354. The normalized spacial score (nSPS) is 27.4. The van der Waals surface area contributed by atoms with Gasteiger partial charge in [0.1, 0.15) is 43.2 Å². The van der Waals surface area contributed by atoms with Gasteiger partial charge in [-0.15, -0.1) is 0 Å². The molecule has 0 bridgehead atoms. The van der Waals surface area contributed by atoms with Crippen LogP contribution in [0.4, 0.5) is 0 Å². The van der Waals surface area contributed by atoms with Gasteiger partial charge in [-0.05, 0) is 16.7 Å². The van der Waals surface area contributed by atoms with Crippen LogP contribution in [0.5, 0.6) is 0 Å². The number of amides is 1. The Bertz CT molecular complexity index is 1700. The summed E-state index contributed by atoms with van der Waals surface area (Å²) in [5.74, 6) is -2.53. The van der Waals surface area contributed by atoms with Crippen LogP contribution in [0.3, 0.4) is 0 Å². The maximum atomic E-state index is 12.8. The molecule has 15 heteroatoms. The van der Waals surface area contributed by atoms with E-state index in [0.29, 0.717) is 0 Å². The topological polar surface area (TPSA) is 184 Å². The molecule has 0 aromatic heterocycles. The SMILES string of the molecule is CC(=O)N[C@@H]1[C@@H](OCc2ccccc2)[C@H](O[C@@H]2O[C@H](COC(C)=O)[C@H](OC(C)=O)[C@H](OCc3ccccc3)[C@H]2OC(C)=O)[C@@H](COCc2ccccc2)O[C@@H]1O. The number of hydrogen-bond donors (Lipinski definition) is 2. The predicted octanol–water partition coefficient (Wildman–Crippen LogP) is 3.13. The molecule has 302 valence electrons. The van der Waals surface area contributed by atoms with Gasteiger partial charge in [0.05, 0.1) is 26.4 Å². The zero-order valence-corrected chi connectivity index (χ0v) is 31.7. The Morgan fingerprint density at radius 2 is 1.09 bits per heavy atom. The van der Waals surface area contributed by atoms with E-state index in [0.717, 1.165) is 16.7 Å². The number of ether oxygens (including phenoxy) is 9. The first-order chi connectivity index (χ1) is 27.0. The molecule has 0 radical (unpaired) electrons. The second-order valence-corrected chi connectivity index (χ2v) is 13.4. The molecule has 2 heterocycles. The number of esters is 3. The number of carbonyl (C=O) groups excluding carboxylic acids is 4. The Morgan fingerprint density at radius 1 is 0.589 bits per heavy atom. The number of rotatable bonds is 17. The van der Waals surface area contributed by atoms with Gasteiger partial charge in [0.25, 0.3) is 0 Å². The van der Waals surface area contributed by atoms with Gasteiger partial charge < -0.3 is 53.1 Å². The molecule has 15 nitrogen and oxygen atoms in total. The minimum atomic E-state index is -1.56. The van der Waals surface area contributed by atoms with Crippen LogP contribution >= 0.6 is 0 Å². The predicted molar refractivity (Wildman–Crippen MR) is 196 cm³/mol. The van der Waals surface area contributed by atoms with Gasteiger partial charge in [-0.3, -0.25) is 19.2 Å². The molecule has 3 aromatic rings. The fourth-order valence-corrected chi connectivity index (χ4v) is 6.52. The summed E-state index contributed by atoms with van der Waals surface area (Å²) in [6.07, 6.45) is -11.5. The Hall–Kier alpha value is -4.74. The van der Waals surface area contributed by atoms with Crippen LogP contribution in [0.1, 0.15) is 44.4 Å². The van der Waals surface area contributed by atoms with Crippen LogP contribution < -0.4 is 5.32 Å². The molecular weight excluding hydrogens is 730 g/mol. The largest absolute Gasteiger partial charge is 0.463 e. The van der Waals surface area contributed by atoms with Crippen molar-refractivity contribution in [1.82, 2.24) is 5.32 Å².